The molecule has 0 radical (unpaired) electrons. The molecule has 4 rings (SSSR count). The van der Waals surface area contributed by atoms with Crippen LogP contribution < -0.4 is 10.7 Å². The van der Waals surface area contributed by atoms with Gasteiger partial charge in [-0.2, -0.15) is 5.01 Å². The quantitative estimate of drug-likeness (QED) is 0.581. The molecule has 0 aromatic carbocycles. The third-order valence-corrected chi connectivity index (χ3v) is 6.90. The van der Waals surface area contributed by atoms with Gasteiger partial charge >= 0.3 is 6.03 Å². The highest BCUT2D eigenvalue weighted by atomic mass is 32.2. The molecule has 1 saturated carbocycles. The maximum absolute atomic E-state index is 12.8. The fourth-order valence-corrected chi connectivity index (χ4v) is 4.94. The number of carbonyl (C=O) groups excluding carboxylic acids is 3. The molecule has 10 heteroatoms. The molecule has 28 heavy (non-hydrogen) atoms. The van der Waals surface area contributed by atoms with Gasteiger partial charge in [0, 0.05) is 13.0 Å². The van der Waals surface area contributed by atoms with E-state index >= 15 is 0 Å². The number of amides is 4. The summed E-state index contributed by atoms with van der Waals surface area (Å²) >= 11 is 1.28. The van der Waals surface area contributed by atoms with Crippen LogP contribution in [-0.4, -0.2) is 48.9 Å². The number of fused-ring (bicyclic) bond motifs is 1. The summed E-state index contributed by atoms with van der Waals surface area (Å²) in [5, 5.41) is 12.8. The third kappa shape index (κ3) is 3.61. The van der Waals surface area contributed by atoms with Gasteiger partial charge in [0.2, 0.25) is 5.91 Å². The van der Waals surface area contributed by atoms with E-state index in [1.54, 1.807) is 0 Å². The third-order valence-electron chi connectivity index (χ3n) is 5.93. The molecule has 1 aliphatic carbocycles. The number of nitrogens with zero attached hydrogens (tertiary/aromatic N) is 4. The van der Waals surface area contributed by atoms with Gasteiger partial charge in [0.1, 0.15) is 11.4 Å². The zero-order chi connectivity index (χ0) is 19.7. The van der Waals surface area contributed by atoms with Crippen molar-refractivity contribution in [3.63, 3.8) is 0 Å². The molecule has 1 spiro atoms. The summed E-state index contributed by atoms with van der Waals surface area (Å²) in [6.07, 6.45) is 7.27. The van der Waals surface area contributed by atoms with E-state index in [1.807, 2.05) is 0 Å². The molecule has 0 unspecified atom stereocenters. The van der Waals surface area contributed by atoms with Crippen LogP contribution in [0.2, 0.25) is 0 Å². The first-order valence-electron chi connectivity index (χ1n) is 9.99. The van der Waals surface area contributed by atoms with Gasteiger partial charge < -0.3 is 9.88 Å². The molecule has 0 atom stereocenters. The number of hydrazine groups is 1. The number of imide groups is 1. The number of thioether (sulfide) groups is 1. The molecule has 1 aromatic heterocycles. The maximum Gasteiger partial charge on any atom is 0.344 e. The molecular weight excluding hydrogens is 380 g/mol. The van der Waals surface area contributed by atoms with Crippen LogP contribution in [0.4, 0.5) is 4.79 Å². The molecule has 3 heterocycles. The molecule has 1 aromatic rings. The lowest BCUT2D eigenvalue weighted by molar-refractivity contribution is -0.139. The summed E-state index contributed by atoms with van der Waals surface area (Å²) in [6.45, 7) is 3.01. The zero-order valence-electron chi connectivity index (χ0n) is 16.1. The van der Waals surface area contributed by atoms with Crippen molar-refractivity contribution in [2.45, 2.75) is 75.5 Å². The Balaban J connectivity index is 1.35. The van der Waals surface area contributed by atoms with Gasteiger partial charge in [-0.1, -0.05) is 25.1 Å². The summed E-state index contributed by atoms with van der Waals surface area (Å²) in [5.74, 6) is 0.829. The number of nitrogens with one attached hydrogen (secondary N) is 2. The highest BCUT2D eigenvalue weighted by Gasteiger charge is 2.52. The van der Waals surface area contributed by atoms with Crippen LogP contribution >= 0.6 is 11.8 Å². The average Bonchev–Trinajstić information content (AvgIpc) is 3.04. The Hall–Kier alpha value is -2.10. The van der Waals surface area contributed by atoms with Crippen molar-refractivity contribution in [2.75, 3.05) is 5.75 Å². The minimum Gasteiger partial charge on any atom is -0.322 e. The monoisotopic (exact) mass is 406 g/mol. The lowest BCUT2D eigenvalue weighted by atomic mass is 9.77. The normalized spacial score (nSPS) is 27.5. The van der Waals surface area contributed by atoms with Crippen molar-refractivity contribution in [2.24, 2.45) is 5.92 Å². The van der Waals surface area contributed by atoms with Gasteiger partial charge in [0.15, 0.2) is 5.16 Å². The Morgan fingerprint density at radius 2 is 2.04 bits per heavy atom. The van der Waals surface area contributed by atoms with Gasteiger partial charge in [-0.05, 0) is 44.4 Å². The summed E-state index contributed by atoms with van der Waals surface area (Å²) in [7, 11) is 0. The second kappa shape index (κ2) is 7.73. The van der Waals surface area contributed by atoms with E-state index < -0.39 is 17.5 Å². The van der Waals surface area contributed by atoms with E-state index in [9.17, 15) is 14.4 Å². The predicted molar refractivity (Wildman–Crippen MR) is 102 cm³/mol. The van der Waals surface area contributed by atoms with E-state index in [2.05, 4.69) is 32.4 Å². The van der Waals surface area contributed by atoms with Gasteiger partial charge in [0.25, 0.3) is 5.91 Å². The number of hydrogen-bond donors (Lipinski definition) is 2. The second-order valence-corrected chi connectivity index (χ2v) is 8.96. The SMILES string of the molecule is CC1CCC2(CC1)NC(=O)N(NC(=O)CSc1nnc3n1CCCCC3)C2=O. The molecule has 3 aliphatic rings. The zero-order valence-corrected chi connectivity index (χ0v) is 16.9. The fourth-order valence-electron chi connectivity index (χ4n) is 4.17. The summed E-state index contributed by atoms with van der Waals surface area (Å²) in [4.78, 5) is 37.5. The largest absolute Gasteiger partial charge is 0.344 e. The lowest BCUT2D eigenvalue weighted by Gasteiger charge is -2.33. The van der Waals surface area contributed by atoms with Gasteiger partial charge in [-0.3, -0.25) is 15.0 Å². The second-order valence-electron chi connectivity index (χ2n) is 8.02. The van der Waals surface area contributed by atoms with Crippen LogP contribution in [-0.2, 0) is 22.6 Å². The molecule has 2 fully saturated rings. The predicted octanol–water partition coefficient (Wildman–Crippen LogP) is 1.63. The maximum atomic E-state index is 12.8. The van der Waals surface area contributed by atoms with Crippen LogP contribution in [0.5, 0.6) is 0 Å². The lowest BCUT2D eigenvalue weighted by Crippen LogP contribution is -2.51. The van der Waals surface area contributed by atoms with Crippen molar-refractivity contribution in [1.82, 2.24) is 30.5 Å². The standard InChI is InChI=1S/C18H26N6O3S/c1-12-6-8-18(9-7-12)15(26)24(16(27)19-18)22-14(25)11-28-17-21-20-13-5-3-2-4-10-23(13)17/h12H,2-11H2,1H3,(H,19,27)(H,22,25). The molecule has 1 saturated heterocycles. The highest BCUT2D eigenvalue weighted by Crippen LogP contribution is 2.35. The molecule has 9 nitrogen and oxygen atoms in total. The Bertz CT molecular complexity index is 786. The summed E-state index contributed by atoms with van der Waals surface area (Å²) in [5.41, 5.74) is 1.62. The average molecular weight is 407 g/mol. The molecular formula is C18H26N6O3S. The Labute approximate surface area is 168 Å². The van der Waals surface area contributed by atoms with Crippen molar-refractivity contribution in [3.05, 3.63) is 5.82 Å². The van der Waals surface area contributed by atoms with Crippen molar-refractivity contribution in [1.29, 1.82) is 0 Å². The van der Waals surface area contributed by atoms with E-state index in [-0.39, 0.29) is 11.7 Å². The van der Waals surface area contributed by atoms with Gasteiger partial charge in [-0.15, -0.1) is 10.2 Å². The minimum absolute atomic E-state index is 0.0687. The van der Waals surface area contributed by atoms with E-state index in [4.69, 9.17) is 0 Å². The summed E-state index contributed by atoms with van der Waals surface area (Å²) < 4.78 is 2.07. The number of hydrogen-bond acceptors (Lipinski definition) is 6. The molecule has 4 amide bonds. The molecule has 2 aliphatic heterocycles. The number of aryl methyl sites for hydroxylation is 1. The number of rotatable bonds is 4. The highest BCUT2D eigenvalue weighted by molar-refractivity contribution is 7.99. The first-order chi connectivity index (χ1) is 13.5. The molecule has 2 N–H and O–H groups in total. The van der Waals surface area contributed by atoms with Crippen LogP contribution in [0.1, 0.15) is 57.7 Å². The van der Waals surface area contributed by atoms with Crippen molar-refractivity contribution in [3.8, 4) is 0 Å². The van der Waals surface area contributed by atoms with Gasteiger partial charge in [0.05, 0.1) is 5.75 Å². The Kier molecular flexibility index (Phi) is 5.31. The Morgan fingerprint density at radius 3 is 2.82 bits per heavy atom. The summed E-state index contributed by atoms with van der Waals surface area (Å²) in [6, 6.07) is -0.547. The first kappa shape index (κ1) is 19.2. The van der Waals surface area contributed by atoms with E-state index in [0.717, 1.165) is 49.5 Å². The fraction of sp³-hybridized carbons (Fsp3) is 0.722. The molecule has 152 valence electrons. The topological polar surface area (TPSA) is 109 Å². The van der Waals surface area contributed by atoms with E-state index in [0.29, 0.717) is 23.9 Å². The smallest absolute Gasteiger partial charge is 0.322 e. The van der Waals surface area contributed by atoms with Crippen LogP contribution in [0.15, 0.2) is 5.16 Å². The molecule has 0 bridgehead atoms. The number of urea groups is 1. The Morgan fingerprint density at radius 1 is 1.25 bits per heavy atom. The van der Waals surface area contributed by atoms with Gasteiger partial charge in [-0.25, -0.2) is 4.79 Å². The number of carbonyl (C=O) groups is 3. The van der Waals surface area contributed by atoms with Crippen LogP contribution in [0.25, 0.3) is 0 Å². The minimum atomic E-state index is -0.853. The van der Waals surface area contributed by atoms with E-state index in [1.165, 1.54) is 18.2 Å². The van der Waals surface area contributed by atoms with Crippen LogP contribution in [0.3, 0.4) is 0 Å². The number of aromatic nitrogens is 3. The van der Waals surface area contributed by atoms with Crippen molar-refractivity contribution < 1.29 is 14.4 Å². The van der Waals surface area contributed by atoms with Crippen LogP contribution in [0, 0.1) is 5.92 Å². The van der Waals surface area contributed by atoms with Crippen molar-refractivity contribution >= 4 is 29.6 Å². The first-order valence-corrected chi connectivity index (χ1v) is 11.0.